The fourth-order valence-electron chi connectivity index (χ4n) is 13.2. The van der Waals surface area contributed by atoms with Gasteiger partial charge >= 0.3 is 355 Å². The van der Waals surface area contributed by atoms with Crippen molar-refractivity contribution in [3.8, 4) is 0 Å². The third kappa shape index (κ3) is 54.2. The van der Waals surface area contributed by atoms with E-state index in [-0.39, 0.29) is 361 Å². The van der Waals surface area contributed by atoms with Crippen LogP contribution in [0.4, 0.5) is 0 Å². The Hall–Kier alpha value is 6.75. The summed E-state index contributed by atoms with van der Waals surface area (Å²) in [7, 11) is -63.7. The maximum atomic E-state index is 14.1. The van der Waals surface area contributed by atoms with Gasteiger partial charge in [-0.15, -0.1) is 0 Å². The smallest absolute Gasteiger partial charge is 0.726 e. The third-order valence-electron chi connectivity index (χ3n) is 18.2. The standard InChI is InChI=1S/C52H84N2O70S10.12Na/c1-11-29(117-127(78,79)80)39(122-132(93,94)95)26(63)49(105-11)108-19(6-16(58)44(66)67)18(60)8-102-35-22(53-14(4)56)47(109-20(9-103-125(72,73)74)33(35)120-130(87,88)89)115-42-38(114-51-28(65)41(124-134(99,100)101)31(13(3)107-51)119-129(84,85)86)25(62)52(116-43(42)46(70)71)112-36-23(54-15(5)57)48(110-21(10-104-126(75,76)77)34(36)121-131(90,91)92)113-37(24(61)45(68)69)32(17(59)7-55)111-50-27(64)40(123-133(96,97)98)30(12(2)106-50)118-128(81,82)83;;;;;;;;;;;;/h6,11-13,17-43,47-52,55,58-65H,7-10H2,1-5H3,(H,53,56)(H,54,57)(H,66,67)(H,68,69)(H,70,71)(H,72,73,74)(H,75,76,77)(H,78,79,80)(H,81,82,83)(H,84,85,86)(H,87,88,89)(H,90,91,92)(H,93,94,95)(H,96,97,98)(H,99,100,101);;;;;;;;;;;;/q;12*+1/p-13/b16-6-;;;;;;;;;;;;/t11?,12?,13?,17?,18?,19-,20?,21?,22?,23?,24?,25-,26?,27?,28?,29+,30+,31+,32+,33-,34-,35+,36+,37+,38?,39+,40+,41+,42-,43?,47-,48-,49-,50-,51-,52+;;;;;;;;;;;;/m0............/s1. The molecule has 782 valence electrons. The summed E-state index contributed by atoms with van der Waals surface area (Å²) in [6.07, 6.45) is -108. The first-order valence-corrected chi connectivity index (χ1v) is 48.8. The number of carbonyl (C=O) groups is 5. The molecule has 94 heteroatoms. The number of carboxylic acids is 3. The summed E-state index contributed by atoms with van der Waals surface area (Å²) in [4.78, 5) is 65.9. The first-order chi connectivity index (χ1) is 60.8. The van der Waals surface area contributed by atoms with Crippen LogP contribution in [0.5, 0.6) is 0 Å². The Kier molecular flexibility index (Phi) is 78.8. The van der Waals surface area contributed by atoms with E-state index in [0.717, 1.165) is 0 Å². The molecule has 6 aliphatic heterocycles. The topological polar surface area (TPSA) is 1140 Å². The van der Waals surface area contributed by atoms with Crippen LogP contribution < -0.4 is 381 Å². The molecule has 0 aliphatic carbocycles. The molecule has 0 spiro atoms. The van der Waals surface area contributed by atoms with E-state index in [9.17, 15) is 215 Å². The van der Waals surface area contributed by atoms with Gasteiger partial charge < -0.3 is 193 Å². The molecule has 11 N–H and O–H groups in total. The zero-order valence-corrected chi connectivity index (χ0v) is 110. The van der Waals surface area contributed by atoms with Crippen LogP contribution in [0, 0.1) is 0 Å². The number of hydrogen-bond donors (Lipinski definition) is 11. The van der Waals surface area contributed by atoms with Gasteiger partial charge in [-0.05, 0) is 26.8 Å². The average Bonchev–Trinajstić information content (AvgIpc) is 0.747. The molecule has 36 atom stereocenters. The van der Waals surface area contributed by atoms with Crippen LogP contribution in [0.3, 0.4) is 0 Å². The Balaban J connectivity index is -0.00000322. The van der Waals surface area contributed by atoms with E-state index >= 15 is 0 Å². The van der Waals surface area contributed by atoms with Crippen molar-refractivity contribution in [3.05, 3.63) is 11.8 Å². The molecular formula is C52H71N2Na12O70S10-. The van der Waals surface area contributed by atoms with Crippen molar-refractivity contribution < 1.29 is 673 Å². The first-order valence-electron chi connectivity index (χ1n) is 35.5. The van der Waals surface area contributed by atoms with Gasteiger partial charge in [-0.2, -0.15) is 0 Å². The predicted molar refractivity (Wildman–Crippen MR) is 366 cm³/mol. The molecule has 0 bridgehead atoms. The zero-order valence-electron chi connectivity index (χ0n) is 78.2. The quantitative estimate of drug-likeness (QED) is 0.00886. The maximum absolute atomic E-state index is 14.1. The number of hydrogen-bond acceptors (Lipinski definition) is 70. The van der Waals surface area contributed by atoms with E-state index in [1.165, 1.54) is 0 Å². The summed E-state index contributed by atoms with van der Waals surface area (Å²) >= 11 is 0. The summed E-state index contributed by atoms with van der Waals surface area (Å²) in [6, 6.07) is -6.23. The molecule has 0 saturated carbocycles. The molecule has 6 saturated heterocycles. The number of nitrogens with one attached hydrogen (secondary N) is 2. The number of carboxylic acid groups (broad SMARTS) is 3. The second-order valence-electron chi connectivity index (χ2n) is 27.8. The molecule has 0 radical (unpaired) electrons. The fourth-order valence-corrected chi connectivity index (χ4v) is 17.9. The normalized spacial score (nSPS) is 32.4. The van der Waals surface area contributed by atoms with Crippen LogP contribution in [0.2, 0.25) is 0 Å². The molecule has 146 heavy (non-hydrogen) atoms. The minimum atomic E-state index is -6.78. The molecule has 0 aromatic heterocycles. The Morgan fingerprint density at radius 2 is 0.651 bits per heavy atom. The van der Waals surface area contributed by atoms with E-state index in [1.807, 2.05) is 0 Å². The van der Waals surface area contributed by atoms with E-state index in [1.54, 1.807) is 10.6 Å². The average molecular weight is 2440 g/mol. The largest absolute Gasteiger partial charge is 1.00 e. The molecule has 6 rings (SSSR count). The maximum Gasteiger partial charge on any atom is 1.00 e. The third-order valence-corrected chi connectivity index (χ3v) is 22.7. The van der Waals surface area contributed by atoms with E-state index in [4.69, 9.17) is 61.6 Å². The van der Waals surface area contributed by atoms with Gasteiger partial charge in [-0.1, -0.05) is 0 Å². The molecule has 2 amide bonds. The minimum Gasteiger partial charge on any atom is -0.726 e. The van der Waals surface area contributed by atoms with Gasteiger partial charge in [-0.3, -0.25) is 51.4 Å². The fraction of sp³-hybridized carbons (Fsp3) is 0.865. The van der Waals surface area contributed by atoms with Gasteiger partial charge in [0, 0.05) is 13.8 Å². The van der Waals surface area contributed by atoms with Crippen LogP contribution in [-0.2, 0) is 231 Å². The zero-order chi connectivity index (χ0) is 102. The van der Waals surface area contributed by atoms with Gasteiger partial charge in [0.1, 0.15) is 176 Å². The number of rotatable bonds is 48. The number of amides is 2. The number of ether oxygens (including phenoxy) is 13. The Morgan fingerprint density at radius 1 is 0.356 bits per heavy atom. The molecule has 0 aromatic rings. The van der Waals surface area contributed by atoms with Crippen molar-refractivity contribution in [2.75, 3.05) is 26.4 Å². The van der Waals surface area contributed by atoms with E-state index < -0.39 is 387 Å². The van der Waals surface area contributed by atoms with Crippen molar-refractivity contribution in [3.63, 3.8) is 0 Å². The summed E-state index contributed by atoms with van der Waals surface area (Å²) < 4.78 is 478. The number of aliphatic carboxylic acids is 3. The Morgan fingerprint density at radius 3 is 0.986 bits per heavy atom. The van der Waals surface area contributed by atoms with Gasteiger partial charge in [0.15, 0.2) is 37.7 Å². The Labute approximate surface area is 1090 Å². The summed E-state index contributed by atoms with van der Waals surface area (Å²) in [5.74, 6) is -14.2. The predicted octanol–water partition coefficient (Wildman–Crippen LogP) is -58.9. The van der Waals surface area contributed by atoms with Crippen LogP contribution in [0.15, 0.2) is 11.8 Å². The molecule has 72 nitrogen and oxygen atoms in total. The molecule has 6 aliphatic rings. The van der Waals surface area contributed by atoms with Crippen molar-refractivity contribution in [2.24, 2.45) is 0 Å². The van der Waals surface area contributed by atoms with Gasteiger partial charge in [0.25, 0.3) is 0 Å². The van der Waals surface area contributed by atoms with Gasteiger partial charge in [-0.25, -0.2) is 84.2 Å². The van der Waals surface area contributed by atoms with Crippen LogP contribution in [0.25, 0.3) is 0 Å². The second kappa shape index (κ2) is 69.5. The Bertz CT molecular complexity index is 5380. The molecule has 15 unspecified atom stereocenters. The molecule has 6 fully saturated rings. The van der Waals surface area contributed by atoms with Crippen molar-refractivity contribution in [2.45, 2.75) is 255 Å². The van der Waals surface area contributed by atoms with Crippen LogP contribution in [0.1, 0.15) is 34.6 Å². The summed E-state index contributed by atoms with van der Waals surface area (Å²) in [5, 5.41) is 145. The monoisotopic (exact) mass is 2440 g/mol. The van der Waals surface area contributed by atoms with Crippen molar-refractivity contribution in [1.82, 2.24) is 10.6 Å². The second-order valence-corrected chi connectivity index (χ2v) is 38.0. The molecular weight excluding hydrogens is 2370 g/mol. The number of aliphatic hydroxyl groups excluding tert-OH is 9. The summed E-state index contributed by atoms with van der Waals surface area (Å²) in [5.41, 5.74) is 0. The molecule has 6 heterocycles. The van der Waals surface area contributed by atoms with Crippen molar-refractivity contribution >= 4 is 134 Å². The SMILES string of the molecule is CC(=O)NC1[C@H](O[C@@H]2C(C(=O)[O-])O[C@@H](O[C@@H]3C(NC(C)=O)[C@H](O[C@H](C(O)C(=O)[O-])[C@H](O[C@@H]4OC(C)[C@@H](OS(=O)(=O)[O-])[C@H](OS(=O)(=O)[O-])C4O)C(O)CO)OC(COS(=O)(=O)[O-])[C@@H]3OS(=O)(=O)[O-])[C@@H](O)C2O[C@@H]2OC(C)[C@@H](OS(=O)(=O)[O-])[C@H](OS(=O)(=O)[O-])C2O)OC(COS(=O)(=O)[O-])[C@H](OS(=O)(=O)[O-])[C@@H]1OCC(O)[C@H](/C=C(\O)C(=O)[O-])O[C@@H]1OC(C)[C@@H](OS(=O)(=O)[O-])[C@H](OS(=O)(=O)[O-])C1O.[Na+].[Na+].[Na+].[Na+].[Na+].[Na+].[Na+].[Na+].[Na+].[Na+].[Na+].[Na+]. The summed E-state index contributed by atoms with van der Waals surface area (Å²) in [6.45, 7) is -5.98. The van der Waals surface area contributed by atoms with Gasteiger partial charge in [0.05, 0.1) is 56.7 Å². The van der Waals surface area contributed by atoms with Crippen LogP contribution >= 0.6 is 0 Å². The number of carbonyl (C=O) groups excluding carboxylic acids is 5. The minimum absolute atomic E-state index is 0. The number of aliphatic hydroxyl groups is 9. The first kappa shape index (κ1) is 166. The van der Waals surface area contributed by atoms with E-state index in [2.05, 4.69) is 41.8 Å². The van der Waals surface area contributed by atoms with E-state index in [0.29, 0.717) is 34.6 Å². The molecule has 0 aromatic carbocycles. The van der Waals surface area contributed by atoms with Gasteiger partial charge in [0.2, 0.25) is 116 Å². The van der Waals surface area contributed by atoms with Crippen molar-refractivity contribution in [1.29, 1.82) is 0 Å². The van der Waals surface area contributed by atoms with Crippen LogP contribution in [-0.4, -0.2) is 453 Å².